The zero-order valence-electron chi connectivity index (χ0n) is 12.2. The Morgan fingerprint density at radius 1 is 1.17 bits per heavy atom. The fraction of sp³-hybridized carbons (Fsp3) is 0.688. The molecule has 0 bridgehead atoms. The van der Waals surface area contributed by atoms with E-state index in [0.29, 0.717) is 0 Å². The van der Waals surface area contributed by atoms with E-state index in [9.17, 15) is 0 Å². The predicted octanol–water partition coefficient (Wildman–Crippen LogP) is 4.09. The van der Waals surface area contributed by atoms with Gasteiger partial charge in [0.2, 0.25) is 0 Å². The van der Waals surface area contributed by atoms with Gasteiger partial charge in [-0.1, -0.05) is 45.6 Å². The van der Waals surface area contributed by atoms with E-state index in [-0.39, 0.29) is 0 Å². The van der Waals surface area contributed by atoms with Crippen molar-refractivity contribution in [2.24, 2.45) is 5.92 Å². The number of hydrogen-bond acceptors (Lipinski definition) is 2. The van der Waals surface area contributed by atoms with Gasteiger partial charge in [-0.2, -0.15) is 0 Å². The minimum atomic E-state index is 0.857. The molecule has 0 unspecified atom stereocenters. The molecule has 0 aliphatic heterocycles. The van der Waals surface area contributed by atoms with E-state index in [2.05, 4.69) is 37.1 Å². The van der Waals surface area contributed by atoms with E-state index in [4.69, 9.17) is 0 Å². The molecule has 0 saturated carbocycles. The highest BCUT2D eigenvalue weighted by Crippen LogP contribution is 2.09. The Labute approximate surface area is 112 Å². The maximum Gasteiger partial charge on any atom is 0.0570 e. The molecule has 0 spiro atoms. The summed E-state index contributed by atoms with van der Waals surface area (Å²) in [6, 6.07) is 4.11. The number of hydrogen-bond donors (Lipinski definition) is 1. The quantitative estimate of drug-likeness (QED) is 0.666. The van der Waals surface area contributed by atoms with Crippen molar-refractivity contribution in [1.29, 1.82) is 0 Å². The van der Waals surface area contributed by atoms with Gasteiger partial charge in [-0.25, -0.2) is 0 Å². The van der Waals surface area contributed by atoms with Crippen LogP contribution in [-0.4, -0.2) is 11.5 Å². The van der Waals surface area contributed by atoms with Gasteiger partial charge in [-0.15, -0.1) is 0 Å². The van der Waals surface area contributed by atoms with Gasteiger partial charge in [0.15, 0.2) is 0 Å². The Balaban J connectivity index is 1.98. The first-order valence-electron chi connectivity index (χ1n) is 7.31. The normalized spacial score (nSPS) is 11.1. The van der Waals surface area contributed by atoms with Crippen LogP contribution in [0.3, 0.4) is 0 Å². The molecule has 1 N–H and O–H groups in total. The molecular formula is C16H28N2. The first-order valence-corrected chi connectivity index (χ1v) is 7.31. The van der Waals surface area contributed by atoms with Crippen LogP contribution < -0.4 is 5.32 Å². The van der Waals surface area contributed by atoms with Gasteiger partial charge in [0.1, 0.15) is 0 Å². The Morgan fingerprint density at radius 3 is 2.67 bits per heavy atom. The first kappa shape index (κ1) is 15.2. The predicted molar refractivity (Wildman–Crippen MR) is 78.6 cm³/mol. The van der Waals surface area contributed by atoms with Gasteiger partial charge in [0, 0.05) is 12.7 Å². The van der Waals surface area contributed by atoms with E-state index in [0.717, 1.165) is 19.0 Å². The zero-order chi connectivity index (χ0) is 13.2. The summed E-state index contributed by atoms with van der Waals surface area (Å²) in [7, 11) is 0. The Bertz CT molecular complexity index is 321. The van der Waals surface area contributed by atoms with Crippen molar-refractivity contribution in [2.45, 2.75) is 59.4 Å². The summed E-state index contributed by atoms with van der Waals surface area (Å²) in [5, 5.41) is 3.48. The third-order valence-electron chi connectivity index (χ3n) is 3.30. The number of aryl methyl sites for hydroxylation is 1. The topological polar surface area (TPSA) is 24.9 Å². The van der Waals surface area contributed by atoms with Crippen molar-refractivity contribution in [3.63, 3.8) is 0 Å². The van der Waals surface area contributed by atoms with Crippen molar-refractivity contribution in [2.75, 3.05) is 6.54 Å². The van der Waals surface area contributed by atoms with Crippen LogP contribution in [0.25, 0.3) is 0 Å². The number of nitrogens with zero attached hydrogens (tertiary/aromatic N) is 1. The fourth-order valence-electron chi connectivity index (χ4n) is 2.07. The Morgan fingerprint density at radius 2 is 1.94 bits per heavy atom. The molecule has 0 saturated heterocycles. The molecule has 0 aromatic carbocycles. The third kappa shape index (κ3) is 6.75. The van der Waals surface area contributed by atoms with Gasteiger partial charge in [-0.3, -0.25) is 4.98 Å². The molecule has 0 aliphatic rings. The van der Waals surface area contributed by atoms with Gasteiger partial charge in [0.05, 0.1) is 5.69 Å². The van der Waals surface area contributed by atoms with Crippen LogP contribution in [0.2, 0.25) is 0 Å². The second-order valence-electron chi connectivity index (χ2n) is 5.54. The summed E-state index contributed by atoms with van der Waals surface area (Å²) in [5.41, 5.74) is 2.46. The molecule has 1 heterocycles. The molecule has 2 nitrogen and oxygen atoms in total. The lowest BCUT2D eigenvalue weighted by atomic mass is 10.0. The molecule has 0 aliphatic carbocycles. The van der Waals surface area contributed by atoms with Crippen molar-refractivity contribution in [3.05, 3.63) is 29.6 Å². The molecule has 0 fully saturated rings. The van der Waals surface area contributed by atoms with Crippen LogP contribution in [-0.2, 0) is 6.54 Å². The molecule has 18 heavy (non-hydrogen) atoms. The number of rotatable bonds is 9. The minimum Gasteiger partial charge on any atom is -0.311 e. The molecule has 0 radical (unpaired) electrons. The lowest BCUT2D eigenvalue weighted by Crippen LogP contribution is -2.16. The molecule has 102 valence electrons. The van der Waals surface area contributed by atoms with E-state index < -0.39 is 0 Å². The highest BCUT2D eigenvalue weighted by molar-refractivity contribution is 5.17. The standard InChI is InChI=1S/C16H28N2/c1-14(2)9-6-4-5-7-11-17-13-16-15(3)10-8-12-18-16/h8,10,12,14,17H,4-7,9,11,13H2,1-3H3. The van der Waals surface area contributed by atoms with Crippen molar-refractivity contribution < 1.29 is 0 Å². The van der Waals surface area contributed by atoms with E-state index in [1.54, 1.807) is 0 Å². The molecular weight excluding hydrogens is 220 g/mol. The maximum atomic E-state index is 4.38. The van der Waals surface area contributed by atoms with Crippen LogP contribution in [0.4, 0.5) is 0 Å². The summed E-state index contributed by atoms with van der Waals surface area (Å²) >= 11 is 0. The smallest absolute Gasteiger partial charge is 0.0570 e. The number of pyridine rings is 1. The maximum absolute atomic E-state index is 4.38. The van der Waals surface area contributed by atoms with Gasteiger partial charge in [0.25, 0.3) is 0 Å². The van der Waals surface area contributed by atoms with Gasteiger partial charge < -0.3 is 5.32 Å². The second kappa shape index (κ2) is 9.09. The van der Waals surface area contributed by atoms with Crippen molar-refractivity contribution in [3.8, 4) is 0 Å². The minimum absolute atomic E-state index is 0.857. The number of nitrogens with one attached hydrogen (secondary N) is 1. The molecule has 0 atom stereocenters. The average Bonchev–Trinajstić information content (AvgIpc) is 2.34. The second-order valence-corrected chi connectivity index (χ2v) is 5.54. The number of aromatic nitrogens is 1. The lowest BCUT2D eigenvalue weighted by Gasteiger charge is -2.07. The Hall–Kier alpha value is -0.890. The molecule has 1 aromatic heterocycles. The number of unbranched alkanes of at least 4 members (excludes halogenated alkanes) is 3. The van der Waals surface area contributed by atoms with Crippen LogP contribution >= 0.6 is 0 Å². The molecule has 1 rings (SSSR count). The van der Waals surface area contributed by atoms with Crippen LogP contribution in [0.15, 0.2) is 18.3 Å². The molecule has 2 heteroatoms. The highest BCUT2D eigenvalue weighted by Gasteiger charge is 1.98. The van der Waals surface area contributed by atoms with E-state index >= 15 is 0 Å². The van der Waals surface area contributed by atoms with Crippen LogP contribution in [0.1, 0.15) is 57.2 Å². The monoisotopic (exact) mass is 248 g/mol. The van der Waals surface area contributed by atoms with Crippen molar-refractivity contribution in [1.82, 2.24) is 10.3 Å². The average molecular weight is 248 g/mol. The van der Waals surface area contributed by atoms with Crippen LogP contribution in [0.5, 0.6) is 0 Å². The lowest BCUT2D eigenvalue weighted by molar-refractivity contribution is 0.511. The highest BCUT2D eigenvalue weighted by atomic mass is 14.9. The SMILES string of the molecule is Cc1cccnc1CNCCCCCCC(C)C. The summed E-state index contributed by atoms with van der Waals surface area (Å²) in [5.74, 6) is 0.857. The zero-order valence-corrected chi connectivity index (χ0v) is 12.2. The summed E-state index contributed by atoms with van der Waals surface area (Å²) in [6.07, 6.45) is 8.64. The Kier molecular flexibility index (Phi) is 7.66. The summed E-state index contributed by atoms with van der Waals surface area (Å²) in [4.78, 5) is 4.38. The largest absolute Gasteiger partial charge is 0.311 e. The molecule has 1 aromatic rings. The summed E-state index contributed by atoms with van der Waals surface area (Å²) in [6.45, 7) is 8.74. The molecule has 0 amide bonds. The van der Waals surface area contributed by atoms with E-state index in [1.165, 1.54) is 43.4 Å². The van der Waals surface area contributed by atoms with Crippen molar-refractivity contribution >= 4 is 0 Å². The van der Waals surface area contributed by atoms with Gasteiger partial charge in [-0.05, 0) is 37.4 Å². The first-order chi connectivity index (χ1) is 8.70. The summed E-state index contributed by atoms with van der Waals surface area (Å²) < 4.78 is 0. The fourth-order valence-corrected chi connectivity index (χ4v) is 2.07. The van der Waals surface area contributed by atoms with E-state index in [1.807, 2.05) is 12.3 Å². The van der Waals surface area contributed by atoms with Gasteiger partial charge >= 0.3 is 0 Å². The third-order valence-corrected chi connectivity index (χ3v) is 3.30. The van der Waals surface area contributed by atoms with Crippen LogP contribution in [0, 0.1) is 12.8 Å².